The molecule has 17 heavy (non-hydrogen) atoms. The van der Waals surface area contributed by atoms with E-state index in [4.69, 9.17) is 0 Å². The molecule has 5 heteroatoms. The quantitative estimate of drug-likeness (QED) is 0.485. The smallest absolute Gasteiger partial charge is 0.142 e. The Morgan fingerprint density at radius 1 is 1.29 bits per heavy atom. The molecule has 1 heterocycles. The lowest BCUT2D eigenvalue weighted by molar-refractivity contribution is 0.607. The van der Waals surface area contributed by atoms with E-state index in [1.165, 1.54) is 5.56 Å². The van der Waals surface area contributed by atoms with Crippen molar-refractivity contribution in [3.05, 3.63) is 54.3 Å². The summed E-state index contributed by atoms with van der Waals surface area (Å²) < 4.78 is 15.5. The Balaban J connectivity index is 2.43. The van der Waals surface area contributed by atoms with Crippen molar-refractivity contribution in [1.82, 2.24) is 0 Å². The molecule has 0 amide bonds. The van der Waals surface area contributed by atoms with Gasteiger partial charge in [0.15, 0.2) is 0 Å². The highest BCUT2D eigenvalue weighted by molar-refractivity contribution is 9.11. The maximum absolute atomic E-state index is 14.0. The van der Waals surface area contributed by atoms with E-state index in [1.807, 2.05) is 13.0 Å². The van der Waals surface area contributed by atoms with Gasteiger partial charge in [-0.05, 0) is 56.5 Å². The molecule has 0 bridgehead atoms. The average Bonchev–Trinajstić information content (AvgIpc) is 2.62. The highest BCUT2D eigenvalue weighted by atomic mass is 79.9. The van der Waals surface area contributed by atoms with Gasteiger partial charge in [-0.1, -0.05) is 28.1 Å². The minimum atomic E-state index is -0.212. The first-order chi connectivity index (χ1) is 8.00. The molecule has 0 fully saturated rings. The molecule has 0 aliphatic carbocycles. The Labute approximate surface area is 129 Å². The molecule has 0 saturated carbocycles. The molecule has 0 spiro atoms. The second kappa shape index (κ2) is 5.51. The molecule has 0 radical (unpaired) electrons. The molecule has 0 nitrogen and oxygen atoms in total. The zero-order valence-electron chi connectivity index (χ0n) is 8.81. The first kappa shape index (κ1) is 13.7. The minimum absolute atomic E-state index is 0.116. The van der Waals surface area contributed by atoms with Gasteiger partial charge in [0.05, 0.1) is 13.1 Å². The van der Waals surface area contributed by atoms with Crippen molar-refractivity contribution in [3.63, 3.8) is 0 Å². The van der Waals surface area contributed by atoms with Crippen LogP contribution in [0.5, 0.6) is 0 Å². The number of aryl methyl sites for hydroxylation is 1. The van der Waals surface area contributed by atoms with E-state index in [1.54, 1.807) is 23.5 Å². The average molecular weight is 443 g/mol. The summed E-state index contributed by atoms with van der Waals surface area (Å²) in [6.45, 7) is 2.03. The van der Waals surface area contributed by atoms with Crippen LogP contribution in [-0.2, 0) is 0 Å². The number of alkyl halides is 1. The topological polar surface area (TPSA) is 0 Å². The third kappa shape index (κ3) is 2.83. The Morgan fingerprint density at radius 3 is 2.59 bits per heavy atom. The van der Waals surface area contributed by atoms with Gasteiger partial charge in [-0.25, -0.2) is 4.39 Å². The monoisotopic (exact) mass is 440 g/mol. The van der Waals surface area contributed by atoms with Crippen molar-refractivity contribution in [2.75, 3.05) is 0 Å². The summed E-state index contributed by atoms with van der Waals surface area (Å²) in [5.41, 5.74) is 1.82. The van der Waals surface area contributed by atoms with Gasteiger partial charge >= 0.3 is 0 Å². The fourth-order valence-electron chi connectivity index (χ4n) is 1.48. The summed E-state index contributed by atoms with van der Waals surface area (Å²) in [6.07, 6.45) is 0. The molecular formula is C12H8Br3FS. The molecule has 0 aliphatic heterocycles. The maximum Gasteiger partial charge on any atom is 0.142 e. The summed E-state index contributed by atoms with van der Waals surface area (Å²) in [4.78, 5) is 0.973. The second-order valence-corrected chi connectivity index (χ2v) is 7.78. The predicted molar refractivity (Wildman–Crippen MR) is 81.6 cm³/mol. The Morgan fingerprint density at radius 2 is 2.00 bits per heavy atom. The predicted octanol–water partition coefficient (Wildman–Crippen LogP) is 6.20. The third-order valence-corrected chi connectivity index (χ3v) is 6.48. The van der Waals surface area contributed by atoms with Crippen LogP contribution in [0.4, 0.5) is 4.39 Å². The fourth-order valence-corrected chi connectivity index (χ4v) is 4.19. The zero-order chi connectivity index (χ0) is 12.6. The molecule has 1 atom stereocenters. The Bertz CT molecular complexity index is 531. The molecule has 2 rings (SSSR count). The molecule has 1 unspecified atom stereocenters. The standard InChI is InChI=1S/C12H8Br3FS/c1-6-5-9(17-12(6)15)10(14)7-3-2-4-8(13)11(7)16/h2-5,10H,1H3. The first-order valence-corrected chi connectivity index (χ1v) is 8.16. The number of hydrogen-bond acceptors (Lipinski definition) is 1. The number of halogens is 4. The van der Waals surface area contributed by atoms with E-state index < -0.39 is 0 Å². The number of hydrogen-bond donors (Lipinski definition) is 0. The summed E-state index contributed by atoms with van der Waals surface area (Å²) in [5, 5.41) is 0. The van der Waals surface area contributed by atoms with Crippen LogP contribution in [0.1, 0.15) is 20.8 Å². The van der Waals surface area contributed by atoms with Crippen LogP contribution in [0.25, 0.3) is 0 Å². The van der Waals surface area contributed by atoms with E-state index in [-0.39, 0.29) is 10.6 Å². The van der Waals surface area contributed by atoms with Crippen LogP contribution in [-0.4, -0.2) is 0 Å². The second-order valence-electron chi connectivity index (χ2n) is 3.61. The highest BCUT2D eigenvalue weighted by Crippen LogP contribution is 2.40. The molecule has 0 saturated heterocycles. The largest absolute Gasteiger partial charge is 0.205 e. The van der Waals surface area contributed by atoms with Crippen LogP contribution in [0, 0.1) is 12.7 Å². The molecular weight excluding hydrogens is 435 g/mol. The van der Waals surface area contributed by atoms with E-state index in [2.05, 4.69) is 53.9 Å². The minimum Gasteiger partial charge on any atom is -0.205 e. The van der Waals surface area contributed by atoms with Crippen molar-refractivity contribution in [1.29, 1.82) is 0 Å². The van der Waals surface area contributed by atoms with Crippen molar-refractivity contribution < 1.29 is 4.39 Å². The maximum atomic E-state index is 14.0. The van der Waals surface area contributed by atoms with E-state index in [0.717, 1.165) is 8.66 Å². The molecule has 1 aromatic carbocycles. The van der Waals surface area contributed by atoms with Crippen LogP contribution in [0.3, 0.4) is 0 Å². The normalized spacial score (nSPS) is 12.8. The van der Waals surface area contributed by atoms with E-state index in [9.17, 15) is 4.39 Å². The van der Waals surface area contributed by atoms with Crippen LogP contribution < -0.4 is 0 Å². The summed E-state index contributed by atoms with van der Waals surface area (Å²) in [5.74, 6) is -0.212. The number of thiophene rings is 1. The molecule has 1 aromatic heterocycles. The van der Waals surface area contributed by atoms with Crippen molar-refractivity contribution in [2.24, 2.45) is 0 Å². The van der Waals surface area contributed by atoms with Crippen LogP contribution >= 0.6 is 59.1 Å². The number of rotatable bonds is 2. The lowest BCUT2D eigenvalue weighted by atomic mass is 10.1. The summed E-state index contributed by atoms with van der Waals surface area (Å²) >= 11 is 11.9. The van der Waals surface area contributed by atoms with Gasteiger partial charge < -0.3 is 0 Å². The van der Waals surface area contributed by atoms with Gasteiger partial charge in [-0.3, -0.25) is 0 Å². The molecule has 0 aliphatic rings. The SMILES string of the molecule is Cc1cc(C(Br)c2cccc(Br)c2F)sc1Br. The molecule has 90 valence electrons. The van der Waals surface area contributed by atoms with Gasteiger partial charge in [0.1, 0.15) is 5.82 Å². The Hall–Kier alpha value is 0.290. The van der Waals surface area contributed by atoms with Crippen molar-refractivity contribution in [2.45, 2.75) is 11.8 Å². The van der Waals surface area contributed by atoms with Gasteiger partial charge in [-0.15, -0.1) is 11.3 Å². The lowest BCUT2D eigenvalue weighted by Crippen LogP contribution is -1.95. The zero-order valence-corrected chi connectivity index (χ0v) is 14.4. The van der Waals surface area contributed by atoms with Crippen LogP contribution in [0.2, 0.25) is 0 Å². The highest BCUT2D eigenvalue weighted by Gasteiger charge is 2.18. The Kier molecular flexibility index (Phi) is 4.45. The fraction of sp³-hybridized carbons (Fsp3) is 0.167. The molecule has 0 N–H and O–H groups in total. The third-order valence-electron chi connectivity index (χ3n) is 2.38. The van der Waals surface area contributed by atoms with Gasteiger partial charge in [0.2, 0.25) is 0 Å². The van der Waals surface area contributed by atoms with E-state index in [0.29, 0.717) is 10.0 Å². The summed E-state index contributed by atoms with van der Waals surface area (Å²) in [7, 11) is 0. The summed E-state index contributed by atoms with van der Waals surface area (Å²) in [6, 6.07) is 7.40. The van der Waals surface area contributed by atoms with Gasteiger partial charge in [0.25, 0.3) is 0 Å². The number of benzene rings is 1. The van der Waals surface area contributed by atoms with Gasteiger partial charge in [-0.2, -0.15) is 0 Å². The van der Waals surface area contributed by atoms with Crippen LogP contribution in [0.15, 0.2) is 32.5 Å². The van der Waals surface area contributed by atoms with Crippen molar-refractivity contribution in [3.8, 4) is 0 Å². The molecule has 2 aromatic rings. The first-order valence-electron chi connectivity index (χ1n) is 4.84. The van der Waals surface area contributed by atoms with Crippen molar-refractivity contribution >= 4 is 59.1 Å². The van der Waals surface area contributed by atoms with E-state index >= 15 is 0 Å². The van der Waals surface area contributed by atoms with Gasteiger partial charge in [0, 0.05) is 10.4 Å². The lowest BCUT2D eigenvalue weighted by Gasteiger charge is -2.10.